The van der Waals surface area contributed by atoms with Crippen molar-refractivity contribution in [1.82, 2.24) is 0 Å². The topological polar surface area (TPSA) is 43.1 Å². The molecule has 0 unspecified atom stereocenters. The van der Waals surface area contributed by atoms with Crippen LogP contribution in [0.1, 0.15) is 6.42 Å². The van der Waals surface area contributed by atoms with Gasteiger partial charge in [0.15, 0.2) is 0 Å². The Morgan fingerprint density at radius 2 is 2.50 bits per heavy atom. The first-order valence-electron chi connectivity index (χ1n) is 1.81. The fourth-order valence-electron chi connectivity index (χ4n) is 0.0680. The van der Waals surface area contributed by atoms with E-state index in [0.29, 0.717) is 12.7 Å². The van der Waals surface area contributed by atoms with Gasteiger partial charge in [-0.05, 0) is 0 Å². The average molecular weight is 86.1 g/mol. The fraction of sp³-hybridized carbons (Fsp3) is 0.500. The molecule has 0 aliphatic rings. The van der Waals surface area contributed by atoms with Gasteiger partial charge < -0.3 is 17.5 Å². The van der Waals surface area contributed by atoms with Crippen LogP contribution < -0.4 is 5.73 Å². The van der Waals surface area contributed by atoms with Gasteiger partial charge in [-0.2, -0.15) is 6.42 Å². The van der Waals surface area contributed by atoms with Crippen LogP contribution in [-0.2, 0) is 4.79 Å². The van der Waals surface area contributed by atoms with E-state index in [9.17, 15) is 4.79 Å². The van der Waals surface area contributed by atoms with E-state index < -0.39 is 0 Å². The molecule has 2 N–H and O–H groups in total. The van der Waals surface area contributed by atoms with E-state index >= 15 is 0 Å². The third-order valence-corrected chi connectivity index (χ3v) is 0.508. The number of hydrogen-bond acceptors (Lipinski definition) is 2. The van der Waals surface area contributed by atoms with Crippen molar-refractivity contribution in [2.75, 3.05) is 0 Å². The Labute approximate surface area is 37.3 Å². The molecule has 0 bridgehead atoms. The Bertz CT molecular complexity index is 44.8. The summed E-state index contributed by atoms with van der Waals surface area (Å²) in [6, 6.07) is -0.356. The maximum Gasteiger partial charge on any atom is 0.134 e. The van der Waals surface area contributed by atoms with Crippen LogP contribution in [0.2, 0.25) is 0 Å². The lowest BCUT2D eigenvalue weighted by molar-refractivity contribution is -0.108. The number of hydrogen-bond donors (Lipinski definition) is 1. The van der Waals surface area contributed by atoms with Gasteiger partial charge in [-0.25, -0.2) is 0 Å². The fourth-order valence-corrected chi connectivity index (χ4v) is 0.0680. The number of aldehydes is 1. The molecule has 0 aliphatic carbocycles. The second-order valence-corrected chi connectivity index (χ2v) is 1.09. The molecule has 0 saturated heterocycles. The lowest BCUT2D eigenvalue weighted by Crippen LogP contribution is -2.19. The lowest BCUT2D eigenvalue weighted by Gasteiger charge is -1.97. The van der Waals surface area contributed by atoms with Crippen molar-refractivity contribution in [2.24, 2.45) is 5.73 Å². The van der Waals surface area contributed by atoms with Crippen molar-refractivity contribution in [3.8, 4) is 0 Å². The molecule has 1 atom stereocenters. The van der Waals surface area contributed by atoms with Gasteiger partial charge in [0.25, 0.3) is 0 Å². The maximum atomic E-state index is 9.57. The van der Waals surface area contributed by atoms with Crippen LogP contribution in [0.5, 0.6) is 0 Å². The van der Waals surface area contributed by atoms with E-state index in [1.54, 1.807) is 0 Å². The minimum Gasteiger partial charge on any atom is -0.341 e. The van der Waals surface area contributed by atoms with E-state index in [0.717, 1.165) is 0 Å². The molecule has 0 saturated carbocycles. The minimum atomic E-state index is -0.356. The standard InChI is InChI=1S/C4H8NO/c1-2-4(5)3-6/h3-4H,1-2,5H2/q-1/t4-/m0/s1. The molecule has 0 spiro atoms. The molecule has 0 aromatic rings. The zero-order valence-electron chi connectivity index (χ0n) is 3.55. The molecule has 6 heavy (non-hydrogen) atoms. The first-order valence-corrected chi connectivity index (χ1v) is 1.81. The summed E-state index contributed by atoms with van der Waals surface area (Å²) in [7, 11) is 0. The Morgan fingerprint density at radius 1 is 2.00 bits per heavy atom. The molecule has 36 valence electrons. The van der Waals surface area contributed by atoms with E-state index in [2.05, 4.69) is 6.92 Å². The first kappa shape index (κ1) is 5.63. The van der Waals surface area contributed by atoms with E-state index in [1.807, 2.05) is 0 Å². The molecule has 0 amide bonds. The SMILES string of the molecule is [CH2-]C[C@H](N)C=O. The zero-order valence-corrected chi connectivity index (χ0v) is 3.55. The number of carbonyl (C=O) groups is 1. The van der Waals surface area contributed by atoms with E-state index in [1.165, 1.54) is 0 Å². The Morgan fingerprint density at radius 3 is 2.50 bits per heavy atom. The summed E-state index contributed by atoms with van der Waals surface area (Å²) in [5, 5.41) is 0. The van der Waals surface area contributed by atoms with Crippen molar-refractivity contribution in [2.45, 2.75) is 12.5 Å². The Balaban J connectivity index is 2.96. The molecule has 0 radical (unpaired) electrons. The molecule has 0 fully saturated rings. The summed E-state index contributed by atoms with van der Waals surface area (Å²) in [5.41, 5.74) is 5.04. The van der Waals surface area contributed by atoms with Gasteiger partial charge in [0.2, 0.25) is 0 Å². The molecule has 2 nitrogen and oxygen atoms in total. The second-order valence-electron chi connectivity index (χ2n) is 1.09. The summed E-state index contributed by atoms with van der Waals surface area (Å²) >= 11 is 0. The van der Waals surface area contributed by atoms with Gasteiger partial charge in [-0.3, -0.25) is 0 Å². The maximum absolute atomic E-state index is 9.57. The molecule has 2 heteroatoms. The van der Waals surface area contributed by atoms with Crippen molar-refractivity contribution < 1.29 is 4.79 Å². The highest BCUT2D eigenvalue weighted by Gasteiger charge is 1.83. The van der Waals surface area contributed by atoms with Crippen LogP contribution in [0.3, 0.4) is 0 Å². The Hall–Kier alpha value is -0.370. The average Bonchev–Trinajstić information content (AvgIpc) is 1.65. The summed E-state index contributed by atoms with van der Waals surface area (Å²) in [5.74, 6) is 0. The Kier molecular flexibility index (Phi) is 2.67. The largest absolute Gasteiger partial charge is 0.341 e. The van der Waals surface area contributed by atoms with Crippen molar-refractivity contribution in [1.29, 1.82) is 0 Å². The highest BCUT2D eigenvalue weighted by molar-refractivity contribution is 5.56. The molecular formula is C4H8NO-. The van der Waals surface area contributed by atoms with Crippen LogP contribution in [0.4, 0.5) is 0 Å². The van der Waals surface area contributed by atoms with Gasteiger partial charge in [0.1, 0.15) is 6.29 Å². The van der Waals surface area contributed by atoms with Gasteiger partial charge in [-0.15, -0.1) is 0 Å². The van der Waals surface area contributed by atoms with Gasteiger partial charge >= 0.3 is 0 Å². The third kappa shape index (κ3) is 1.91. The summed E-state index contributed by atoms with van der Waals surface area (Å²) in [6.45, 7) is 3.40. The van der Waals surface area contributed by atoms with Crippen molar-refractivity contribution in [3.05, 3.63) is 6.92 Å². The van der Waals surface area contributed by atoms with Crippen LogP contribution >= 0.6 is 0 Å². The third-order valence-electron chi connectivity index (χ3n) is 0.508. The summed E-state index contributed by atoms with van der Waals surface area (Å²) < 4.78 is 0. The van der Waals surface area contributed by atoms with E-state index in [4.69, 9.17) is 5.73 Å². The predicted molar refractivity (Wildman–Crippen MR) is 24.0 cm³/mol. The van der Waals surface area contributed by atoms with Crippen molar-refractivity contribution in [3.63, 3.8) is 0 Å². The van der Waals surface area contributed by atoms with Crippen LogP contribution in [0, 0.1) is 6.92 Å². The zero-order chi connectivity index (χ0) is 4.99. The highest BCUT2D eigenvalue weighted by atomic mass is 16.1. The van der Waals surface area contributed by atoms with Crippen LogP contribution in [0.15, 0.2) is 0 Å². The van der Waals surface area contributed by atoms with Crippen molar-refractivity contribution >= 4 is 6.29 Å². The quantitative estimate of drug-likeness (QED) is 0.371. The van der Waals surface area contributed by atoms with Gasteiger partial charge in [-0.1, -0.05) is 0 Å². The summed E-state index contributed by atoms with van der Waals surface area (Å²) in [4.78, 5) is 9.57. The molecule has 0 aromatic carbocycles. The monoisotopic (exact) mass is 86.1 g/mol. The molecule has 0 aliphatic heterocycles. The van der Waals surface area contributed by atoms with E-state index in [-0.39, 0.29) is 6.04 Å². The first-order chi connectivity index (χ1) is 2.81. The number of rotatable bonds is 2. The van der Waals surface area contributed by atoms with Gasteiger partial charge in [0, 0.05) is 6.04 Å². The molecular weight excluding hydrogens is 78.0 g/mol. The summed E-state index contributed by atoms with van der Waals surface area (Å²) in [6.07, 6.45) is 1.18. The molecule has 0 aromatic heterocycles. The normalized spacial score (nSPS) is 13.7. The predicted octanol–water partition coefficient (Wildman–Crippen LogP) is -0.263. The second kappa shape index (κ2) is 2.85. The van der Waals surface area contributed by atoms with Gasteiger partial charge in [0.05, 0.1) is 0 Å². The van der Waals surface area contributed by atoms with Crippen LogP contribution in [0.25, 0.3) is 0 Å². The van der Waals surface area contributed by atoms with Crippen LogP contribution in [-0.4, -0.2) is 12.3 Å². The highest BCUT2D eigenvalue weighted by Crippen LogP contribution is 1.74. The number of nitrogens with two attached hydrogens (primary N) is 1. The molecule has 0 heterocycles. The minimum absolute atomic E-state index is 0.356. The number of carbonyl (C=O) groups excluding carboxylic acids is 1. The smallest absolute Gasteiger partial charge is 0.134 e. The lowest BCUT2D eigenvalue weighted by atomic mass is 10.3. The molecule has 0 rings (SSSR count).